The molecule has 2 aliphatic rings. The maximum Gasteiger partial charge on any atom is 0.256 e. The number of ether oxygens (including phenoxy) is 1. The predicted molar refractivity (Wildman–Crippen MR) is 108 cm³/mol. The number of aromatic nitrogens is 1. The van der Waals surface area contributed by atoms with Gasteiger partial charge in [-0.3, -0.25) is 9.78 Å². The fourth-order valence-corrected chi connectivity index (χ4v) is 4.80. The van der Waals surface area contributed by atoms with Crippen molar-refractivity contribution in [3.05, 3.63) is 53.9 Å². The summed E-state index contributed by atoms with van der Waals surface area (Å²) < 4.78 is 5.84. The van der Waals surface area contributed by atoms with Gasteiger partial charge in [-0.25, -0.2) is 0 Å². The van der Waals surface area contributed by atoms with Crippen molar-refractivity contribution in [1.29, 1.82) is 0 Å². The van der Waals surface area contributed by atoms with Crippen molar-refractivity contribution < 1.29 is 14.6 Å². The van der Waals surface area contributed by atoms with Crippen LogP contribution in [0.3, 0.4) is 0 Å². The molecule has 1 amide bonds. The number of rotatable bonds is 4. The standard InChI is InChI=1S/C23H28N2O3/c1-3-28-20-15-19(26)23(20)10-13-25(14-11-23)22(27)21-16(2)24-12-9-18(21)17-7-5-4-6-8-17/h4-9,12,19-20,26H,3,10-11,13-15H2,1-2H3/t19-,20+/m1/s1. The topological polar surface area (TPSA) is 62.7 Å². The number of amides is 1. The minimum Gasteiger partial charge on any atom is -0.392 e. The normalized spacial score (nSPS) is 23.5. The second-order valence-electron chi connectivity index (χ2n) is 7.91. The highest BCUT2D eigenvalue weighted by atomic mass is 16.5. The molecule has 2 atom stereocenters. The van der Waals surface area contributed by atoms with Gasteiger partial charge in [-0.15, -0.1) is 0 Å². The lowest BCUT2D eigenvalue weighted by Crippen LogP contribution is -2.62. The number of likely N-dealkylation sites (tertiary alicyclic amines) is 1. The van der Waals surface area contributed by atoms with E-state index < -0.39 is 0 Å². The quantitative estimate of drug-likeness (QED) is 0.882. The van der Waals surface area contributed by atoms with Crippen LogP contribution in [0.15, 0.2) is 42.6 Å². The zero-order chi connectivity index (χ0) is 19.7. The van der Waals surface area contributed by atoms with Gasteiger partial charge in [0.1, 0.15) is 0 Å². The Kier molecular flexibility index (Phi) is 5.21. The third kappa shape index (κ3) is 3.12. The van der Waals surface area contributed by atoms with Crippen molar-refractivity contribution in [2.45, 2.75) is 45.3 Å². The van der Waals surface area contributed by atoms with E-state index in [2.05, 4.69) is 4.98 Å². The van der Waals surface area contributed by atoms with Crippen molar-refractivity contribution in [3.8, 4) is 11.1 Å². The van der Waals surface area contributed by atoms with Crippen LogP contribution in [0.25, 0.3) is 11.1 Å². The van der Waals surface area contributed by atoms with E-state index >= 15 is 0 Å². The van der Waals surface area contributed by atoms with Gasteiger partial charge in [0.05, 0.1) is 23.5 Å². The van der Waals surface area contributed by atoms with E-state index in [-0.39, 0.29) is 23.5 Å². The molecule has 1 aliphatic carbocycles. The van der Waals surface area contributed by atoms with E-state index in [0.717, 1.165) is 29.7 Å². The van der Waals surface area contributed by atoms with E-state index in [4.69, 9.17) is 4.74 Å². The molecule has 1 aliphatic heterocycles. The molecule has 1 N–H and O–H groups in total. The van der Waals surface area contributed by atoms with Gasteiger partial charge in [0, 0.05) is 37.7 Å². The molecule has 0 bridgehead atoms. The van der Waals surface area contributed by atoms with Crippen LogP contribution in [-0.2, 0) is 4.74 Å². The minimum atomic E-state index is -0.318. The first kappa shape index (κ1) is 19.1. The zero-order valence-electron chi connectivity index (χ0n) is 16.6. The zero-order valence-corrected chi connectivity index (χ0v) is 16.6. The molecule has 1 saturated carbocycles. The van der Waals surface area contributed by atoms with Gasteiger partial charge < -0.3 is 14.7 Å². The number of carbonyl (C=O) groups is 1. The molecule has 4 rings (SSSR count). The number of aliphatic hydroxyl groups excluding tert-OH is 1. The third-order valence-electron chi connectivity index (χ3n) is 6.53. The van der Waals surface area contributed by atoms with E-state index in [9.17, 15) is 9.90 Å². The predicted octanol–water partition coefficient (Wildman–Crippen LogP) is 3.45. The SMILES string of the molecule is CCO[C@H]1C[C@@H](O)C12CCN(C(=O)c1c(-c3ccccc3)ccnc1C)CC2. The van der Waals surface area contributed by atoms with Crippen molar-refractivity contribution in [2.24, 2.45) is 5.41 Å². The first-order valence-electron chi connectivity index (χ1n) is 10.2. The molecule has 28 heavy (non-hydrogen) atoms. The Bertz CT molecular complexity index is 842. The summed E-state index contributed by atoms with van der Waals surface area (Å²) in [6.07, 6.45) is 3.83. The summed E-state index contributed by atoms with van der Waals surface area (Å²) in [5.74, 6) is 0.0288. The number of aliphatic hydroxyl groups is 1. The minimum absolute atomic E-state index is 0.0288. The van der Waals surface area contributed by atoms with E-state index in [1.807, 2.05) is 55.1 Å². The highest BCUT2D eigenvalue weighted by molar-refractivity contribution is 6.01. The Morgan fingerprint density at radius 2 is 1.96 bits per heavy atom. The lowest BCUT2D eigenvalue weighted by atomic mass is 9.58. The van der Waals surface area contributed by atoms with Gasteiger partial charge in [-0.2, -0.15) is 0 Å². The van der Waals surface area contributed by atoms with Gasteiger partial charge in [0.25, 0.3) is 5.91 Å². The van der Waals surface area contributed by atoms with E-state index in [1.165, 1.54) is 0 Å². The highest BCUT2D eigenvalue weighted by Gasteiger charge is 2.56. The number of carbonyl (C=O) groups excluding carboxylic acids is 1. The Morgan fingerprint density at radius 1 is 1.25 bits per heavy atom. The summed E-state index contributed by atoms with van der Waals surface area (Å²) in [5.41, 5.74) is 3.20. The molecule has 148 valence electrons. The number of pyridine rings is 1. The van der Waals surface area contributed by atoms with Crippen molar-refractivity contribution >= 4 is 5.91 Å². The van der Waals surface area contributed by atoms with Crippen molar-refractivity contribution in [3.63, 3.8) is 0 Å². The van der Waals surface area contributed by atoms with Crippen LogP contribution in [0.5, 0.6) is 0 Å². The molecule has 2 heterocycles. The Hall–Kier alpha value is -2.24. The number of aryl methyl sites for hydroxylation is 1. The molecule has 1 saturated heterocycles. The maximum atomic E-state index is 13.4. The summed E-state index contributed by atoms with van der Waals surface area (Å²) in [6.45, 7) is 5.83. The van der Waals surface area contributed by atoms with Gasteiger partial charge in [0.2, 0.25) is 0 Å². The van der Waals surface area contributed by atoms with Gasteiger partial charge in [-0.1, -0.05) is 30.3 Å². The fourth-order valence-electron chi connectivity index (χ4n) is 4.80. The Balaban J connectivity index is 1.56. The summed E-state index contributed by atoms with van der Waals surface area (Å²) in [6, 6.07) is 11.9. The lowest BCUT2D eigenvalue weighted by molar-refractivity contribution is -0.207. The molecule has 0 radical (unpaired) electrons. The van der Waals surface area contributed by atoms with Crippen LogP contribution in [0.1, 0.15) is 42.2 Å². The molecule has 2 fully saturated rings. The molecule has 5 heteroatoms. The third-order valence-corrected chi connectivity index (χ3v) is 6.53. The largest absolute Gasteiger partial charge is 0.392 e. The van der Waals surface area contributed by atoms with E-state index in [0.29, 0.717) is 31.7 Å². The first-order valence-corrected chi connectivity index (χ1v) is 10.2. The molecule has 1 spiro atoms. The highest BCUT2D eigenvalue weighted by Crippen LogP contribution is 2.51. The van der Waals surface area contributed by atoms with Crippen molar-refractivity contribution in [2.75, 3.05) is 19.7 Å². The van der Waals surface area contributed by atoms with Crippen LogP contribution in [0.2, 0.25) is 0 Å². The van der Waals surface area contributed by atoms with Gasteiger partial charge >= 0.3 is 0 Å². The average Bonchev–Trinajstić information content (AvgIpc) is 2.74. The average molecular weight is 380 g/mol. The summed E-state index contributed by atoms with van der Waals surface area (Å²) in [5, 5.41) is 10.4. The molecule has 2 aromatic rings. The van der Waals surface area contributed by atoms with Crippen LogP contribution in [0, 0.1) is 12.3 Å². The second-order valence-corrected chi connectivity index (χ2v) is 7.91. The summed E-state index contributed by atoms with van der Waals surface area (Å²) in [7, 11) is 0. The molecular formula is C23H28N2O3. The van der Waals surface area contributed by atoms with Gasteiger partial charge in [0.15, 0.2) is 0 Å². The lowest BCUT2D eigenvalue weighted by Gasteiger charge is -2.56. The number of benzene rings is 1. The number of nitrogens with zero attached hydrogens (tertiary/aromatic N) is 2. The monoisotopic (exact) mass is 380 g/mol. The van der Waals surface area contributed by atoms with Crippen LogP contribution in [0.4, 0.5) is 0 Å². The molecule has 0 unspecified atom stereocenters. The smallest absolute Gasteiger partial charge is 0.256 e. The maximum absolute atomic E-state index is 13.4. The summed E-state index contributed by atoms with van der Waals surface area (Å²) in [4.78, 5) is 19.7. The Labute approximate surface area is 166 Å². The number of hydrogen-bond acceptors (Lipinski definition) is 4. The molecular weight excluding hydrogens is 352 g/mol. The first-order chi connectivity index (χ1) is 13.6. The van der Waals surface area contributed by atoms with Crippen LogP contribution >= 0.6 is 0 Å². The number of hydrogen-bond donors (Lipinski definition) is 1. The molecule has 1 aromatic heterocycles. The fraction of sp³-hybridized carbons (Fsp3) is 0.478. The Morgan fingerprint density at radius 3 is 2.61 bits per heavy atom. The molecule has 1 aromatic carbocycles. The van der Waals surface area contributed by atoms with Gasteiger partial charge in [-0.05, 0) is 43.9 Å². The second kappa shape index (κ2) is 7.64. The molecule has 5 nitrogen and oxygen atoms in total. The van der Waals surface area contributed by atoms with Crippen LogP contribution < -0.4 is 0 Å². The number of piperidine rings is 1. The van der Waals surface area contributed by atoms with Crippen LogP contribution in [-0.4, -0.2) is 52.8 Å². The van der Waals surface area contributed by atoms with Crippen molar-refractivity contribution in [1.82, 2.24) is 9.88 Å². The summed E-state index contributed by atoms with van der Waals surface area (Å²) >= 11 is 0. The van der Waals surface area contributed by atoms with E-state index in [1.54, 1.807) is 6.20 Å².